The predicted molar refractivity (Wildman–Crippen MR) is 66.9 cm³/mol. The lowest BCUT2D eigenvalue weighted by Gasteiger charge is -2.24. The average molecular weight is 285 g/mol. The number of aromatic hydroxyl groups is 1. The third-order valence-corrected chi connectivity index (χ3v) is 2.94. The summed E-state index contributed by atoms with van der Waals surface area (Å²) in [5.74, 6) is -0.0705. The fourth-order valence-electron chi connectivity index (χ4n) is 1.57. The van der Waals surface area contributed by atoms with Crippen LogP contribution in [0.2, 0.25) is 10.0 Å². The van der Waals surface area contributed by atoms with Gasteiger partial charge < -0.3 is 15.2 Å². The molecule has 90 valence electrons. The third kappa shape index (κ3) is 2.93. The number of ether oxygens (including phenoxy) is 1. The topological polar surface area (TPSA) is 41.5 Å². The van der Waals surface area contributed by atoms with Crippen LogP contribution in [0, 0.1) is 0 Å². The molecule has 0 aromatic heterocycles. The van der Waals surface area contributed by atoms with Gasteiger partial charge in [0.15, 0.2) is 5.75 Å². The minimum Gasteiger partial charge on any atom is -0.505 e. The van der Waals surface area contributed by atoms with Crippen LogP contribution in [0.15, 0.2) is 12.1 Å². The van der Waals surface area contributed by atoms with E-state index in [1.54, 1.807) is 12.1 Å². The quantitative estimate of drug-likeness (QED) is 0.833. The van der Waals surface area contributed by atoms with Crippen LogP contribution in [0.3, 0.4) is 0 Å². The molecule has 0 bridgehead atoms. The Bertz CT molecular complexity index is 344. The van der Waals surface area contributed by atoms with Gasteiger partial charge in [0, 0.05) is 6.54 Å². The molecule has 0 aliphatic carbocycles. The lowest BCUT2D eigenvalue weighted by molar-refractivity contribution is 0.0769. The summed E-state index contributed by atoms with van der Waals surface area (Å²) < 4.78 is 5.34. The molecule has 1 saturated heterocycles. The minimum absolute atomic E-state index is 0. The zero-order valence-electron chi connectivity index (χ0n) is 8.37. The first-order valence-corrected chi connectivity index (χ1v) is 5.43. The first-order chi connectivity index (χ1) is 7.18. The number of benzene rings is 1. The first-order valence-electron chi connectivity index (χ1n) is 4.67. The van der Waals surface area contributed by atoms with Gasteiger partial charge in [-0.1, -0.05) is 23.2 Å². The fraction of sp³-hybridized carbons (Fsp3) is 0.400. The Labute approximate surface area is 110 Å². The molecule has 1 aliphatic rings. The van der Waals surface area contributed by atoms with Gasteiger partial charge in [-0.3, -0.25) is 0 Å². The van der Waals surface area contributed by atoms with E-state index >= 15 is 0 Å². The highest BCUT2D eigenvalue weighted by Gasteiger charge is 2.17. The Balaban J connectivity index is 0.00000128. The maximum Gasteiger partial charge on any atom is 0.152 e. The second-order valence-electron chi connectivity index (χ2n) is 3.41. The van der Waals surface area contributed by atoms with Crippen molar-refractivity contribution < 1.29 is 9.84 Å². The van der Waals surface area contributed by atoms with Gasteiger partial charge in [-0.25, -0.2) is 0 Å². The molecule has 1 aromatic carbocycles. The molecule has 0 saturated carbocycles. The average Bonchev–Trinajstić information content (AvgIpc) is 2.26. The smallest absolute Gasteiger partial charge is 0.152 e. The number of morpholine rings is 1. The monoisotopic (exact) mass is 283 g/mol. The summed E-state index contributed by atoms with van der Waals surface area (Å²) in [6.07, 6.45) is 0. The summed E-state index contributed by atoms with van der Waals surface area (Å²) in [6, 6.07) is 3.50. The molecule has 0 spiro atoms. The molecular formula is C10H12Cl3NO2. The number of nitrogens with one attached hydrogen (secondary N) is 1. The van der Waals surface area contributed by atoms with Crippen molar-refractivity contribution in [1.29, 1.82) is 0 Å². The summed E-state index contributed by atoms with van der Waals surface area (Å²) in [4.78, 5) is 0. The molecule has 2 N–H and O–H groups in total. The van der Waals surface area contributed by atoms with Crippen molar-refractivity contribution in [2.24, 2.45) is 0 Å². The van der Waals surface area contributed by atoms with E-state index < -0.39 is 0 Å². The number of rotatable bonds is 1. The van der Waals surface area contributed by atoms with Crippen LogP contribution < -0.4 is 5.32 Å². The Hall–Kier alpha value is -0.190. The van der Waals surface area contributed by atoms with Gasteiger partial charge in [0.25, 0.3) is 0 Å². The minimum atomic E-state index is -0.0705. The summed E-state index contributed by atoms with van der Waals surface area (Å²) in [5, 5.41) is 13.2. The van der Waals surface area contributed by atoms with Crippen LogP contribution in [0.1, 0.15) is 11.6 Å². The SMILES string of the molecule is Cl.Oc1c(Cl)cc([C@H]2COCCN2)cc1Cl. The Morgan fingerprint density at radius 2 is 1.94 bits per heavy atom. The van der Waals surface area contributed by atoms with E-state index in [4.69, 9.17) is 27.9 Å². The maximum absolute atomic E-state index is 9.41. The van der Waals surface area contributed by atoms with Crippen molar-refractivity contribution in [2.75, 3.05) is 19.8 Å². The second-order valence-corrected chi connectivity index (χ2v) is 4.23. The summed E-state index contributed by atoms with van der Waals surface area (Å²) in [5.41, 5.74) is 0.933. The third-order valence-electron chi connectivity index (χ3n) is 2.36. The molecule has 1 fully saturated rings. The number of halogens is 3. The van der Waals surface area contributed by atoms with E-state index in [9.17, 15) is 5.11 Å². The highest BCUT2D eigenvalue weighted by atomic mass is 35.5. The standard InChI is InChI=1S/C10H11Cl2NO2.ClH/c11-7-3-6(4-8(12)10(7)14)9-5-15-2-1-13-9;/h3-4,9,13-14H,1-2,5H2;1H/t9-;/m1./s1. The molecule has 2 rings (SSSR count). The van der Waals surface area contributed by atoms with Crippen LogP contribution in [0.25, 0.3) is 0 Å². The molecule has 3 nitrogen and oxygen atoms in total. The van der Waals surface area contributed by atoms with E-state index in [1.165, 1.54) is 0 Å². The van der Waals surface area contributed by atoms with Crippen molar-refractivity contribution in [3.63, 3.8) is 0 Å². The molecule has 1 atom stereocenters. The van der Waals surface area contributed by atoms with Crippen LogP contribution in [0.4, 0.5) is 0 Å². The van der Waals surface area contributed by atoms with Crippen molar-refractivity contribution in [3.05, 3.63) is 27.7 Å². The largest absolute Gasteiger partial charge is 0.505 e. The molecule has 1 heterocycles. The first kappa shape index (κ1) is 13.9. The van der Waals surface area contributed by atoms with E-state index in [-0.39, 0.29) is 34.2 Å². The van der Waals surface area contributed by atoms with Gasteiger partial charge in [-0.15, -0.1) is 12.4 Å². The van der Waals surface area contributed by atoms with Crippen molar-refractivity contribution >= 4 is 35.6 Å². The number of hydrogen-bond acceptors (Lipinski definition) is 3. The molecule has 1 aromatic rings. The van der Waals surface area contributed by atoms with Gasteiger partial charge in [-0.05, 0) is 17.7 Å². The highest BCUT2D eigenvalue weighted by molar-refractivity contribution is 6.37. The van der Waals surface area contributed by atoms with Gasteiger partial charge in [0.05, 0.1) is 29.3 Å². The summed E-state index contributed by atoms with van der Waals surface area (Å²) in [7, 11) is 0. The van der Waals surface area contributed by atoms with E-state index in [0.29, 0.717) is 6.61 Å². The van der Waals surface area contributed by atoms with E-state index in [2.05, 4.69) is 5.32 Å². The Morgan fingerprint density at radius 1 is 1.31 bits per heavy atom. The second kappa shape index (κ2) is 5.94. The van der Waals surface area contributed by atoms with E-state index in [0.717, 1.165) is 18.7 Å². The molecule has 16 heavy (non-hydrogen) atoms. The Morgan fingerprint density at radius 3 is 2.44 bits per heavy atom. The lowest BCUT2D eigenvalue weighted by Crippen LogP contribution is -2.34. The molecule has 6 heteroatoms. The fourth-order valence-corrected chi connectivity index (χ4v) is 2.07. The molecule has 0 amide bonds. The molecule has 1 aliphatic heterocycles. The summed E-state index contributed by atoms with van der Waals surface area (Å²) in [6.45, 7) is 2.12. The van der Waals surface area contributed by atoms with Gasteiger partial charge in [0.1, 0.15) is 0 Å². The zero-order chi connectivity index (χ0) is 10.8. The molecule has 0 radical (unpaired) electrons. The van der Waals surface area contributed by atoms with Crippen molar-refractivity contribution in [3.8, 4) is 5.75 Å². The van der Waals surface area contributed by atoms with Gasteiger partial charge >= 0.3 is 0 Å². The van der Waals surface area contributed by atoms with E-state index in [1.807, 2.05) is 0 Å². The predicted octanol–water partition coefficient (Wildman–Crippen LogP) is 2.78. The van der Waals surface area contributed by atoms with Crippen LogP contribution in [-0.2, 0) is 4.74 Å². The molecule has 0 unspecified atom stereocenters. The van der Waals surface area contributed by atoms with Gasteiger partial charge in [0.2, 0.25) is 0 Å². The van der Waals surface area contributed by atoms with Crippen molar-refractivity contribution in [2.45, 2.75) is 6.04 Å². The summed E-state index contributed by atoms with van der Waals surface area (Å²) >= 11 is 11.7. The maximum atomic E-state index is 9.41. The van der Waals surface area contributed by atoms with Crippen LogP contribution in [0.5, 0.6) is 5.75 Å². The normalized spacial score (nSPS) is 20.2. The highest BCUT2D eigenvalue weighted by Crippen LogP contribution is 2.34. The zero-order valence-corrected chi connectivity index (χ0v) is 10.7. The molecular weight excluding hydrogens is 272 g/mol. The number of phenols is 1. The van der Waals surface area contributed by atoms with Crippen molar-refractivity contribution in [1.82, 2.24) is 5.32 Å². The number of phenolic OH excluding ortho intramolecular Hbond substituents is 1. The number of hydrogen-bond donors (Lipinski definition) is 2. The van der Waals surface area contributed by atoms with Gasteiger partial charge in [-0.2, -0.15) is 0 Å². The van der Waals surface area contributed by atoms with Crippen LogP contribution in [-0.4, -0.2) is 24.9 Å². The lowest BCUT2D eigenvalue weighted by atomic mass is 10.1. The Kier molecular flexibility index (Phi) is 5.15. The van der Waals surface area contributed by atoms with Crippen LogP contribution >= 0.6 is 35.6 Å².